The van der Waals surface area contributed by atoms with Crippen LogP contribution in [0.4, 0.5) is 5.69 Å². The summed E-state index contributed by atoms with van der Waals surface area (Å²) in [5.41, 5.74) is 0.927. The first-order valence-corrected chi connectivity index (χ1v) is 6.96. The second-order valence-electron chi connectivity index (χ2n) is 3.81. The fourth-order valence-electron chi connectivity index (χ4n) is 1.49. The Morgan fingerprint density at radius 3 is 2.47 bits per heavy atom. The van der Waals surface area contributed by atoms with E-state index in [4.69, 9.17) is 5.11 Å². The topological polar surface area (TPSA) is 113 Å². The van der Waals surface area contributed by atoms with Crippen LogP contribution in [0.3, 0.4) is 0 Å². The Hall–Kier alpha value is -2.09. The first-order valence-electron chi connectivity index (χ1n) is 5.31. The molecule has 0 heterocycles. The van der Waals surface area contributed by atoms with Gasteiger partial charge in [-0.3, -0.25) is 14.3 Å². The van der Waals surface area contributed by atoms with E-state index in [1.54, 1.807) is 13.0 Å². The SMILES string of the molecule is CNC(=O)c1cccc(NS(=O)(=O)CC(=O)O)c1C. The summed E-state index contributed by atoms with van der Waals surface area (Å²) in [6, 6.07) is 4.51. The minimum atomic E-state index is -3.99. The molecule has 1 amide bonds. The molecule has 3 N–H and O–H groups in total. The van der Waals surface area contributed by atoms with Crippen LogP contribution in [0.2, 0.25) is 0 Å². The van der Waals surface area contributed by atoms with Gasteiger partial charge in [-0.25, -0.2) is 8.42 Å². The minimum Gasteiger partial charge on any atom is -0.480 e. The number of anilines is 1. The third-order valence-electron chi connectivity index (χ3n) is 2.38. The normalized spacial score (nSPS) is 10.8. The van der Waals surface area contributed by atoms with Crippen LogP contribution in [0, 0.1) is 6.92 Å². The lowest BCUT2D eigenvalue weighted by atomic mass is 10.1. The van der Waals surface area contributed by atoms with Crippen molar-refractivity contribution in [3.63, 3.8) is 0 Å². The predicted molar refractivity (Wildman–Crippen MR) is 69.6 cm³/mol. The minimum absolute atomic E-state index is 0.183. The lowest BCUT2D eigenvalue weighted by Gasteiger charge is -2.12. The zero-order valence-electron chi connectivity index (χ0n) is 10.4. The highest BCUT2D eigenvalue weighted by Gasteiger charge is 2.18. The number of carboxylic acid groups (broad SMARTS) is 1. The van der Waals surface area contributed by atoms with Gasteiger partial charge < -0.3 is 10.4 Å². The van der Waals surface area contributed by atoms with Crippen molar-refractivity contribution in [3.05, 3.63) is 29.3 Å². The molecule has 0 saturated carbocycles. The number of carbonyl (C=O) groups is 2. The molecule has 0 aromatic heterocycles. The maximum absolute atomic E-state index is 11.5. The van der Waals surface area contributed by atoms with Crippen LogP contribution in [-0.2, 0) is 14.8 Å². The van der Waals surface area contributed by atoms with E-state index in [0.29, 0.717) is 11.1 Å². The summed E-state index contributed by atoms with van der Waals surface area (Å²) in [5, 5.41) is 10.9. The fourth-order valence-corrected chi connectivity index (χ4v) is 2.45. The van der Waals surface area contributed by atoms with E-state index in [-0.39, 0.29) is 11.6 Å². The van der Waals surface area contributed by atoms with E-state index < -0.39 is 21.7 Å². The Bertz CT molecular complexity index is 610. The summed E-state index contributed by atoms with van der Waals surface area (Å²) in [5.74, 6) is -2.83. The van der Waals surface area contributed by atoms with E-state index >= 15 is 0 Å². The maximum atomic E-state index is 11.5. The molecule has 1 aromatic rings. The molecule has 1 aromatic carbocycles. The van der Waals surface area contributed by atoms with E-state index in [1.807, 2.05) is 0 Å². The predicted octanol–water partition coefficient (Wildman–Crippen LogP) is 0.181. The summed E-state index contributed by atoms with van der Waals surface area (Å²) in [7, 11) is -2.53. The molecule has 0 atom stereocenters. The van der Waals surface area contributed by atoms with Gasteiger partial charge in [0.25, 0.3) is 5.91 Å². The van der Waals surface area contributed by atoms with E-state index in [1.165, 1.54) is 19.2 Å². The Balaban J connectivity index is 3.10. The number of carboxylic acids is 1. The molecule has 0 bridgehead atoms. The van der Waals surface area contributed by atoms with Crippen LogP contribution >= 0.6 is 0 Å². The standard InChI is InChI=1S/C11H14N2O5S/c1-7-8(11(16)12-2)4-3-5-9(7)13-19(17,18)6-10(14)15/h3-5,13H,6H2,1-2H3,(H,12,16)(H,14,15). The van der Waals surface area contributed by atoms with Crippen molar-refractivity contribution in [2.45, 2.75) is 6.92 Å². The molecule has 104 valence electrons. The van der Waals surface area contributed by atoms with Gasteiger partial charge in [-0.15, -0.1) is 0 Å². The zero-order chi connectivity index (χ0) is 14.6. The second kappa shape index (κ2) is 5.70. The van der Waals surface area contributed by atoms with Gasteiger partial charge in [-0.2, -0.15) is 0 Å². The lowest BCUT2D eigenvalue weighted by Crippen LogP contribution is -2.24. The molecule has 0 radical (unpaired) electrons. The van der Waals surface area contributed by atoms with Crippen LogP contribution < -0.4 is 10.0 Å². The molecule has 0 saturated heterocycles. The van der Waals surface area contributed by atoms with Gasteiger partial charge >= 0.3 is 5.97 Å². The summed E-state index contributed by atoms with van der Waals surface area (Å²) in [6.07, 6.45) is 0. The number of amides is 1. The molecular formula is C11H14N2O5S. The molecule has 0 unspecified atom stereocenters. The maximum Gasteiger partial charge on any atom is 0.320 e. The van der Waals surface area contributed by atoms with Gasteiger partial charge in [-0.1, -0.05) is 6.07 Å². The molecule has 0 aliphatic carbocycles. The van der Waals surface area contributed by atoms with Crippen molar-refractivity contribution < 1.29 is 23.1 Å². The largest absolute Gasteiger partial charge is 0.480 e. The third kappa shape index (κ3) is 3.95. The monoisotopic (exact) mass is 286 g/mol. The Morgan fingerprint density at radius 1 is 1.32 bits per heavy atom. The number of aliphatic carboxylic acids is 1. The van der Waals surface area contributed by atoms with Gasteiger partial charge in [0.1, 0.15) is 0 Å². The van der Waals surface area contributed by atoms with Crippen molar-refractivity contribution in [2.24, 2.45) is 0 Å². The highest BCUT2D eigenvalue weighted by atomic mass is 32.2. The van der Waals surface area contributed by atoms with Gasteiger partial charge in [0.15, 0.2) is 5.75 Å². The number of rotatable bonds is 5. The molecule has 1 rings (SSSR count). The van der Waals surface area contributed by atoms with Gasteiger partial charge in [0.05, 0.1) is 5.69 Å². The molecule has 8 heteroatoms. The number of sulfonamides is 1. The Morgan fingerprint density at radius 2 is 1.95 bits per heavy atom. The lowest BCUT2D eigenvalue weighted by molar-refractivity contribution is -0.134. The highest BCUT2D eigenvalue weighted by Crippen LogP contribution is 2.20. The van der Waals surface area contributed by atoms with Crippen molar-refractivity contribution in [1.29, 1.82) is 0 Å². The van der Waals surface area contributed by atoms with Crippen molar-refractivity contribution >= 4 is 27.6 Å². The van der Waals surface area contributed by atoms with Crippen molar-refractivity contribution in [2.75, 3.05) is 17.5 Å². The summed E-state index contributed by atoms with van der Waals surface area (Å²) in [6.45, 7) is 1.57. The fraction of sp³-hybridized carbons (Fsp3) is 0.273. The molecule has 19 heavy (non-hydrogen) atoms. The van der Waals surface area contributed by atoms with Crippen LogP contribution in [0.25, 0.3) is 0 Å². The quantitative estimate of drug-likeness (QED) is 0.714. The number of benzene rings is 1. The molecule has 0 fully saturated rings. The van der Waals surface area contributed by atoms with Crippen molar-refractivity contribution in [1.82, 2.24) is 5.32 Å². The third-order valence-corrected chi connectivity index (χ3v) is 3.54. The Labute approximate surface area is 110 Å². The second-order valence-corrected chi connectivity index (χ2v) is 5.53. The number of carbonyl (C=O) groups excluding carboxylic acids is 1. The average molecular weight is 286 g/mol. The first kappa shape index (κ1) is 15.0. The van der Waals surface area contributed by atoms with Gasteiger partial charge in [0.2, 0.25) is 10.0 Å². The summed E-state index contributed by atoms with van der Waals surface area (Å²) < 4.78 is 25.2. The van der Waals surface area contributed by atoms with E-state index in [0.717, 1.165) is 0 Å². The summed E-state index contributed by atoms with van der Waals surface area (Å²) in [4.78, 5) is 22.0. The zero-order valence-corrected chi connectivity index (χ0v) is 11.2. The molecule has 7 nitrogen and oxygen atoms in total. The van der Waals surface area contributed by atoms with Crippen molar-refractivity contribution in [3.8, 4) is 0 Å². The average Bonchev–Trinajstić information content (AvgIpc) is 2.29. The molecule has 0 spiro atoms. The highest BCUT2D eigenvalue weighted by molar-refractivity contribution is 7.93. The number of hydrogen-bond donors (Lipinski definition) is 3. The van der Waals surface area contributed by atoms with Gasteiger partial charge in [0, 0.05) is 12.6 Å². The van der Waals surface area contributed by atoms with Crippen LogP contribution in [0.5, 0.6) is 0 Å². The number of hydrogen-bond acceptors (Lipinski definition) is 4. The van der Waals surface area contributed by atoms with Crippen LogP contribution in [-0.4, -0.2) is 38.2 Å². The van der Waals surface area contributed by atoms with Crippen LogP contribution in [0.15, 0.2) is 18.2 Å². The first-order chi connectivity index (χ1) is 8.76. The smallest absolute Gasteiger partial charge is 0.320 e. The van der Waals surface area contributed by atoms with E-state index in [2.05, 4.69) is 10.0 Å². The van der Waals surface area contributed by atoms with E-state index in [9.17, 15) is 18.0 Å². The Kier molecular flexibility index (Phi) is 4.49. The van der Waals surface area contributed by atoms with Gasteiger partial charge in [-0.05, 0) is 24.6 Å². The van der Waals surface area contributed by atoms with Crippen LogP contribution in [0.1, 0.15) is 15.9 Å². The summed E-state index contributed by atoms with van der Waals surface area (Å²) >= 11 is 0. The number of nitrogens with one attached hydrogen (secondary N) is 2. The molecular weight excluding hydrogens is 272 g/mol. The molecule has 0 aliphatic rings. The molecule has 0 aliphatic heterocycles.